The SMILES string of the molecule is Cc1cccc(C(=O)NC2(CC(=O)O)Cc3ccccc3C2)c1OC1CCC1. The standard InChI is InChI=1S/C23H25NO4/c1-15-6-4-11-19(21(15)28-18-9-5-10-18)22(27)24-23(14-20(25)26)12-16-7-2-3-8-17(16)13-23/h2-4,6-8,11,18H,5,9-10,12-14H2,1H3,(H,24,27)(H,25,26). The van der Waals surface area contributed by atoms with Crippen molar-refractivity contribution < 1.29 is 19.4 Å². The number of carbonyl (C=O) groups is 2. The van der Waals surface area contributed by atoms with E-state index in [2.05, 4.69) is 5.32 Å². The van der Waals surface area contributed by atoms with Gasteiger partial charge in [-0.15, -0.1) is 0 Å². The van der Waals surface area contributed by atoms with E-state index in [1.54, 1.807) is 6.07 Å². The second-order valence-electron chi connectivity index (χ2n) is 8.05. The predicted octanol–water partition coefficient (Wildman–Crippen LogP) is 3.67. The lowest BCUT2D eigenvalue weighted by atomic mass is 9.90. The zero-order valence-corrected chi connectivity index (χ0v) is 16.0. The number of para-hydroxylation sites is 1. The highest BCUT2D eigenvalue weighted by molar-refractivity contribution is 5.98. The van der Waals surface area contributed by atoms with Gasteiger partial charge < -0.3 is 15.2 Å². The van der Waals surface area contributed by atoms with Crippen molar-refractivity contribution in [3.63, 3.8) is 0 Å². The van der Waals surface area contributed by atoms with E-state index in [0.29, 0.717) is 24.2 Å². The highest BCUT2D eigenvalue weighted by Crippen LogP contribution is 2.35. The minimum Gasteiger partial charge on any atom is -0.489 e. The van der Waals surface area contributed by atoms with Crippen molar-refractivity contribution in [3.8, 4) is 5.75 Å². The largest absolute Gasteiger partial charge is 0.489 e. The van der Waals surface area contributed by atoms with Crippen LogP contribution in [0.3, 0.4) is 0 Å². The fraction of sp³-hybridized carbons (Fsp3) is 0.391. The molecule has 2 aliphatic rings. The Morgan fingerprint density at radius 2 is 1.79 bits per heavy atom. The highest BCUT2D eigenvalue weighted by atomic mass is 16.5. The molecule has 28 heavy (non-hydrogen) atoms. The summed E-state index contributed by atoms with van der Waals surface area (Å²) in [5.74, 6) is -0.568. The second-order valence-corrected chi connectivity index (χ2v) is 8.05. The Morgan fingerprint density at radius 3 is 2.36 bits per heavy atom. The minimum absolute atomic E-state index is 0.113. The number of amides is 1. The van der Waals surface area contributed by atoms with Crippen LogP contribution < -0.4 is 10.1 Å². The maximum absolute atomic E-state index is 13.2. The third-order valence-electron chi connectivity index (χ3n) is 5.84. The van der Waals surface area contributed by atoms with Crippen LogP contribution in [0.4, 0.5) is 0 Å². The molecule has 0 radical (unpaired) electrons. The summed E-state index contributed by atoms with van der Waals surface area (Å²) < 4.78 is 6.10. The van der Waals surface area contributed by atoms with Crippen molar-refractivity contribution in [1.82, 2.24) is 5.32 Å². The van der Waals surface area contributed by atoms with Crippen molar-refractivity contribution in [2.75, 3.05) is 0 Å². The molecule has 1 saturated carbocycles. The van der Waals surface area contributed by atoms with Gasteiger partial charge in [-0.2, -0.15) is 0 Å². The zero-order valence-electron chi connectivity index (χ0n) is 16.0. The molecule has 0 aromatic heterocycles. The van der Waals surface area contributed by atoms with Gasteiger partial charge in [0, 0.05) is 0 Å². The number of hydrogen-bond donors (Lipinski definition) is 2. The van der Waals surface area contributed by atoms with Gasteiger partial charge in [-0.3, -0.25) is 9.59 Å². The van der Waals surface area contributed by atoms with E-state index in [0.717, 1.165) is 36.0 Å². The van der Waals surface area contributed by atoms with E-state index in [4.69, 9.17) is 4.74 Å². The number of carboxylic acids is 1. The number of aliphatic carboxylic acids is 1. The number of nitrogens with one attached hydrogen (secondary N) is 1. The molecule has 1 amide bonds. The van der Waals surface area contributed by atoms with E-state index in [-0.39, 0.29) is 18.4 Å². The van der Waals surface area contributed by atoms with Crippen molar-refractivity contribution >= 4 is 11.9 Å². The maximum Gasteiger partial charge on any atom is 0.305 e. The molecule has 0 unspecified atom stereocenters. The minimum atomic E-state index is -0.914. The fourth-order valence-corrected chi connectivity index (χ4v) is 4.19. The Labute approximate surface area is 164 Å². The summed E-state index contributed by atoms with van der Waals surface area (Å²) in [6.45, 7) is 1.93. The topological polar surface area (TPSA) is 75.6 Å². The van der Waals surface area contributed by atoms with Crippen molar-refractivity contribution in [3.05, 3.63) is 64.7 Å². The lowest BCUT2D eigenvalue weighted by Crippen LogP contribution is -2.51. The summed E-state index contributed by atoms with van der Waals surface area (Å²) in [4.78, 5) is 24.8. The van der Waals surface area contributed by atoms with E-state index in [9.17, 15) is 14.7 Å². The van der Waals surface area contributed by atoms with Gasteiger partial charge in [0.25, 0.3) is 5.91 Å². The van der Waals surface area contributed by atoms with Crippen LogP contribution in [0.5, 0.6) is 5.75 Å². The first kappa shape index (κ1) is 18.5. The van der Waals surface area contributed by atoms with Gasteiger partial charge in [-0.05, 0) is 61.8 Å². The van der Waals surface area contributed by atoms with Crippen molar-refractivity contribution in [1.29, 1.82) is 0 Å². The van der Waals surface area contributed by atoms with Crippen LogP contribution in [0.25, 0.3) is 0 Å². The van der Waals surface area contributed by atoms with Gasteiger partial charge in [0.05, 0.1) is 23.6 Å². The number of carboxylic acid groups (broad SMARTS) is 1. The molecule has 146 valence electrons. The number of aryl methyl sites for hydroxylation is 1. The molecule has 2 N–H and O–H groups in total. The summed E-state index contributed by atoms with van der Waals surface area (Å²) in [7, 11) is 0. The third-order valence-corrected chi connectivity index (χ3v) is 5.84. The van der Waals surface area contributed by atoms with Crippen LogP contribution in [0.2, 0.25) is 0 Å². The smallest absolute Gasteiger partial charge is 0.305 e. The summed E-state index contributed by atoms with van der Waals surface area (Å²) in [5.41, 5.74) is 2.78. The van der Waals surface area contributed by atoms with Crippen LogP contribution in [0, 0.1) is 6.92 Å². The van der Waals surface area contributed by atoms with Crippen LogP contribution in [-0.2, 0) is 17.6 Å². The Morgan fingerprint density at radius 1 is 1.11 bits per heavy atom. The second kappa shape index (κ2) is 7.30. The number of benzene rings is 2. The maximum atomic E-state index is 13.2. The average Bonchev–Trinajstić information content (AvgIpc) is 2.95. The third kappa shape index (κ3) is 3.61. The number of ether oxygens (including phenoxy) is 1. The molecule has 0 aliphatic heterocycles. The van der Waals surface area contributed by atoms with Crippen LogP contribution in [0.15, 0.2) is 42.5 Å². The summed E-state index contributed by atoms with van der Waals surface area (Å²) in [5, 5.41) is 12.5. The molecular formula is C23H25NO4. The van der Waals surface area contributed by atoms with Gasteiger partial charge in [-0.1, -0.05) is 36.4 Å². The van der Waals surface area contributed by atoms with Crippen molar-refractivity contribution in [2.24, 2.45) is 0 Å². The molecule has 1 fully saturated rings. The zero-order chi connectivity index (χ0) is 19.7. The predicted molar refractivity (Wildman–Crippen MR) is 106 cm³/mol. The lowest BCUT2D eigenvalue weighted by Gasteiger charge is -2.31. The molecule has 0 saturated heterocycles. The molecule has 0 spiro atoms. The van der Waals surface area contributed by atoms with Crippen LogP contribution in [-0.4, -0.2) is 28.6 Å². The normalized spacial score (nSPS) is 17.5. The summed E-state index contributed by atoms with van der Waals surface area (Å²) in [6.07, 6.45) is 4.26. The molecular weight excluding hydrogens is 354 g/mol. The number of carbonyl (C=O) groups excluding carboxylic acids is 1. The van der Waals surface area contributed by atoms with Gasteiger partial charge in [-0.25, -0.2) is 0 Å². The van der Waals surface area contributed by atoms with Gasteiger partial charge >= 0.3 is 5.97 Å². The van der Waals surface area contributed by atoms with E-state index >= 15 is 0 Å². The number of hydrogen-bond acceptors (Lipinski definition) is 3. The Hall–Kier alpha value is -2.82. The first-order valence-electron chi connectivity index (χ1n) is 9.83. The first-order chi connectivity index (χ1) is 13.5. The fourth-order valence-electron chi connectivity index (χ4n) is 4.19. The molecule has 2 aromatic carbocycles. The monoisotopic (exact) mass is 379 g/mol. The van der Waals surface area contributed by atoms with Crippen LogP contribution >= 0.6 is 0 Å². The quantitative estimate of drug-likeness (QED) is 0.803. The number of fused-ring (bicyclic) bond motifs is 1. The molecule has 0 atom stereocenters. The lowest BCUT2D eigenvalue weighted by molar-refractivity contribution is -0.138. The number of rotatable bonds is 6. The summed E-state index contributed by atoms with van der Waals surface area (Å²) >= 11 is 0. The summed E-state index contributed by atoms with van der Waals surface area (Å²) in [6, 6.07) is 13.4. The molecule has 0 bridgehead atoms. The molecule has 2 aliphatic carbocycles. The van der Waals surface area contributed by atoms with E-state index in [1.807, 2.05) is 43.3 Å². The molecule has 2 aromatic rings. The Balaban J connectivity index is 1.61. The van der Waals surface area contributed by atoms with Gasteiger partial charge in [0.1, 0.15) is 5.75 Å². The first-order valence-corrected chi connectivity index (χ1v) is 9.83. The van der Waals surface area contributed by atoms with Crippen molar-refractivity contribution in [2.45, 2.75) is 57.1 Å². The van der Waals surface area contributed by atoms with Gasteiger partial charge in [0.15, 0.2) is 0 Å². The van der Waals surface area contributed by atoms with Crippen LogP contribution in [0.1, 0.15) is 52.7 Å². The molecule has 5 heteroatoms. The highest BCUT2D eigenvalue weighted by Gasteiger charge is 2.41. The van der Waals surface area contributed by atoms with E-state index < -0.39 is 11.5 Å². The molecule has 4 rings (SSSR count). The Bertz CT molecular complexity index is 892. The van der Waals surface area contributed by atoms with E-state index in [1.165, 1.54) is 0 Å². The Kier molecular flexibility index (Phi) is 4.84. The van der Waals surface area contributed by atoms with Gasteiger partial charge in [0.2, 0.25) is 0 Å². The average molecular weight is 379 g/mol. The molecule has 0 heterocycles. The molecule has 5 nitrogen and oxygen atoms in total.